The van der Waals surface area contributed by atoms with Crippen molar-refractivity contribution in [3.05, 3.63) is 5.89 Å². The summed E-state index contributed by atoms with van der Waals surface area (Å²) in [6, 6.07) is 0.477. The molecule has 1 heterocycles. The number of aliphatic hydroxyl groups excluding tert-OH is 1. The lowest BCUT2D eigenvalue weighted by molar-refractivity contribution is 0.298. The van der Waals surface area contributed by atoms with Gasteiger partial charge in [-0.3, -0.25) is 0 Å². The molecule has 1 aromatic heterocycles. The van der Waals surface area contributed by atoms with Crippen molar-refractivity contribution in [2.45, 2.75) is 26.8 Å². The van der Waals surface area contributed by atoms with Crippen LogP contribution in [-0.2, 0) is 6.54 Å². The van der Waals surface area contributed by atoms with E-state index in [-0.39, 0.29) is 6.61 Å². The molecule has 0 spiro atoms. The Kier molecular flexibility index (Phi) is 5.81. The largest absolute Gasteiger partial charge is 0.407 e. The van der Waals surface area contributed by atoms with Crippen LogP contribution in [0.2, 0.25) is 0 Å². The molecule has 2 N–H and O–H groups in total. The molecule has 0 aliphatic heterocycles. The van der Waals surface area contributed by atoms with Crippen LogP contribution in [0.4, 0.5) is 6.01 Å². The van der Waals surface area contributed by atoms with E-state index in [1.807, 2.05) is 11.8 Å². The van der Waals surface area contributed by atoms with Gasteiger partial charge in [0.1, 0.15) is 0 Å². The number of hydrogen-bond acceptors (Lipinski definition) is 6. The number of hydrogen-bond donors (Lipinski definition) is 2. The lowest BCUT2D eigenvalue weighted by Crippen LogP contribution is -2.26. The van der Waals surface area contributed by atoms with E-state index >= 15 is 0 Å². The molecule has 0 saturated carbocycles. The van der Waals surface area contributed by atoms with E-state index in [2.05, 4.69) is 22.4 Å². The molecule has 0 radical (unpaired) electrons. The first kappa shape index (κ1) is 12.9. The third-order valence-corrected chi connectivity index (χ3v) is 2.18. The highest BCUT2D eigenvalue weighted by molar-refractivity contribution is 5.23. The zero-order chi connectivity index (χ0) is 11.8. The van der Waals surface area contributed by atoms with Gasteiger partial charge in [0.05, 0.1) is 13.2 Å². The topological polar surface area (TPSA) is 74.4 Å². The summed E-state index contributed by atoms with van der Waals surface area (Å²) in [5.41, 5.74) is 0. The van der Waals surface area contributed by atoms with Gasteiger partial charge >= 0.3 is 6.01 Å². The zero-order valence-corrected chi connectivity index (χ0v) is 9.94. The van der Waals surface area contributed by atoms with E-state index in [1.54, 1.807) is 0 Å². The number of anilines is 1. The molecule has 0 unspecified atom stereocenters. The molecule has 16 heavy (non-hydrogen) atoms. The minimum absolute atomic E-state index is 0.0830. The van der Waals surface area contributed by atoms with Crippen molar-refractivity contribution in [3.63, 3.8) is 0 Å². The van der Waals surface area contributed by atoms with Crippen LogP contribution in [0, 0.1) is 0 Å². The third kappa shape index (κ3) is 3.79. The van der Waals surface area contributed by atoms with Crippen molar-refractivity contribution in [1.29, 1.82) is 0 Å². The van der Waals surface area contributed by atoms with E-state index in [4.69, 9.17) is 9.52 Å². The minimum atomic E-state index is 0.0830. The molecule has 0 fully saturated rings. The Morgan fingerprint density at radius 1 is 1.38 bits per heavy atom. The van der Waals surface area contributed by atoms with Crippen LogP contribution in [0.25, 0.3) is 0 Å². The average Bonchev–Trinajstić information content (AvgIpc) is 2.75. The summed E-state index contributed by atoms with van der Waals surface area (Å²) in [4.78, 5) is 1.84. The Morgan fingerprint density at radius 3 is 2.81 bits per heavy atom. The molecule has 0 saturated heterocycles. The van der Waals surface area contributed by atoms with Gasteiger partial charge < -0.3 is 19.7 Å². The van der Waals surface area contributed by atoms with Gasteiger partial charge in [-0.15, -0.1) is 5.10 Å². The molecular formula is C10H20N4O2. The van der Waals surface area contributed by atoms with Crippen molar-refractivity contribution in [3.8, 4) is 0 Å². The molecule has 0 aliphatic rings. The average molecular weight is 228 g/mol. The molecule has 6 heteroatoms. The maximum Gasteiger partial charge on any atom is 0.318 e. The normalized spacial score (nSPS) is 10.7. The standard InChI is InChI=1S/C10H20N4O2/c1-3-5-11-8-9-12-13-10(16-9)14(4-2)6-7-15/h11,15H,3-8H2,1-2H3. The summed E-state index contributed by atoms with van der Waals surface area (Å²) in [7, 11) is 0. The van der Waals surface area contributed by atoms with Gasteiger partial charge in [0.25, 0.3) is 0 Å². The molecule has 92 valence electrons. The SMILES string of the molecule is CCCNCc1nnc(N(CC)CCO)o1. The Balaban J connectivity index is 2.48. The fourth-order valence-electron chi connectivity index (χ4n) is 1.33. The van der Waals surface area contributed by atoms with Crippen LogP contribution < -0.4 is 10.2 Å². The first-order chi connectivity index (χ1) is 7.81. The van der Waals surface area contributed by atoms with E-state index in [9.17, 15) is 0 Å². The van der Waals surface area contributed by atoms with Crippen molar-refractivity contribution in [2.75, 3.05) is 31.1 Å². The lowest BCUT2D eigenvalue weighted by Gasteiger charge is -2.15. The second kappa shape index (κ2) is 7.19. The molecule has 1 aromatic rings. The second-order valence-corrected chi connectivity index (χ2v) is 3.46. The number of nitrogens with zero attached hydrogens (tertiary/aromatic N) is 3. The fourth-order valence-corrected chi connectivity index (χ4v) is 1.33. The first-order valence-corrected chi connectivity index (χ1v) is 5.70. The van der Waals surface area contributed by atoms with Gasteiger partial charge in [-0.1, -0.05) is 12.0 Å². The molecule has 6 nitrogen and oxygen atoms in total. The van der Waals surface area contributed by atoms with E-state index in [1.165, 1.54) is 0 Å². The van der Waals surface area contributed by atoms with Crippen molar-refractivity contribution < 1.29 is 9.52 Å². The number of likely N-dealkylation sites (N-methyl/N-ethyl adjacent to an activating group) is 1. The number of aromatic nitrogens is 2. The summed E-state index contributed by atoms with van der Waals surface area (Å²) in [6.45, 7) is 6.95. The van der Waals surface area contributed by atoms with Crippen LogP contribution >= 0.6 is 0 Å². The summed E-state index contributed by atoms with van der Waals surface area (Å²) in [6.07, 6.45) is 1.08. The van der Waals surface area contributed by atoms with Crippen LogP contribution in [-0.4, -0.2) is 41.5 Å². The first-order valence-electron chi connectivity index (χ1n) is 5.70. The van der Waals surface area contributed by atoms with Crippen molar-refractivity contribution in [2.24, 2.45) is 0 Å². The number of rotatable bonds is 8. The highest BCUT2D eigenvalue weighted by Gasteiger charge is 2.11. The predicted molar refractivity (Wildman–Crippen MR) is 61.3 cm³/mol. The van der Waals surface area contributed by atoms with Crippen molar-refractivity contribution in [1.82, 2.24) is 15.5 Å². The highest BCUT2D eigenvalue weighted by atomic mass is 16.4. The van der Waals surface area contributed by atoms with Gasteiger partial charge in [0.15, 0.2) is 0 Å². The quantitative estimate of drug-likeness (QED) is 0.627. The zero-order valence-electron chi connectivity index (χ0n) is 9.94. The van der Waals surface area contributed by atoms with Gasteiger partial charge in [0, 0.05) is 13.1 Å². The number of aliphatic hydroxyl groups is 1. The van der Waals surface area contributed by atoms with Gasteiger partial charge in [-0.25, -0.2) is 0 Å². The Morgan fingerprint density at radius 2 is 2.19 bits per heavy atom. The molecule has 0 atom stereocenters. The molecule has 0 amide bonds. The summed E-state index contributed by atoms with van der Waals surface area (Å²) >= 11 is 0. The van der Waals surface area contributed by atoms with Crippen LogP contribution in [0.15, 0.2) is 4.42 Å². The maximum atomic E-state index is 8.87. The summed E-state index contributed by atoms with van der Waals surface area (Å²) in [5.74, 6) is 0.583. The van der Waals surface area contributed by atoms with Gasteiger partial charge in [0.2, 0.25) is 5.89 Å². The van der Waals surface area contributed by atoms with E-state index in [0.29, 0.717) is 25.0 Å². The predicted octanol–water partition coefficient (Wildman–Crippen LogP) is 0.388. The van der Waals surface area contributed by atoms with Crippen LogP contribution in [0.5, 0.6) is 0 Å². The summed E-state index contributed by atoms with van der Waals surface area (Å²) < 4.78 is 5.47. The van der Waals surface area contributed by atoms with E-state index < -0.39 is 0 Å². The minimum Gasteiger partial charge on any atom is -0.407 e. The fraction of sp³-hybridized carbons (Fsp3) is 0.800. The smallest absolute Gasteiger partial charge is 0.318 e. The molecular weight excluding hydrogens is 208 g/mol. The Bertz CT molecular complexity index is 290. The van der Waals surface area contributed by atoms with Crippen LogP contribution in [0.3, 0.4) is 0 Å². The van der Waals surface area contributed by atoms with Gasteiger partial charge in [-0.2, -0.15) is 0 Å². The third-order valence-electron chi connectivity index (χ3n) is 2.18. The second-order valence-electron chi connectivity index (χ2n) is 3.46. The van der Waals surface area contributed by atoms with Gasteiger partial charge in [-0.05, 0) is 19.9 Å². The van der Waals surface area contributed by atoms with E-state index in [0.717, 1.165) is 19.5 Å². The maximum absolute atomic E-state index is 8.87. The monoisotopic (exact) mass is 228 g/mol. The molecule has 1 rings (SSSR count). The van der Waals surface area contributed by atoms with Crippen molar-refractivity contribution >= 4 is 6.01 Å². The molecule has 0 aliphatic carbocycles. The Labute approximate surface area is 95.7 Å². The molecule has 0 aromatic carbocycles. The number of nitrogens with one attached hydrogen (secondary N) is 1. The lowest BCUT2D eigenvalue weighted by atomic mass is 10.5. The highest BCUT2D eigenvalue weighted by Crippen LogP contribution is 2.11. The Hall–Kier alpha value is -1.14. The molecule has 0 bridgehead atoms. The van der Waals surface area contributed by atoms with Crippen LogP contribution in [0.1, 0.15) is 26.2 Å². The summed E-state index contributed by atoms with van der Waals surface area (Å²) in [5, 5.41) is 19.9.